The molecule has 1 aromatic carbocycles. The number of hydrogen-bond acceptors (Lipinski definition) is 2. The fourth-order valence-electron chi connectivity index (χ4n) is 2.82. The maximum atomic E-state index is 14.0. The van der Waals surface area contributed by atoms with Crippen LogP contribution in [0.3, 0.4) is 0 Å². The SMILES string of the molecule is Cn1nc(C(F)(F)F)cc1-c1ccc2[nH]c(-c3ccccc3F)cc2n1. The second-order valence-corrected chi connectivity index (χ2v) is 5.83. The molecule has 0 fully saturated rings. The second-order valence-electron chi connectivity index (χ2n) is 5.83. The van der Waals surface area contributed by atoms with Crippen LogP contribution in [0.4, 0.5) is 17.6 Å². The summed E-state index contributed by atoms with van der Waals surface area (Å²) < 4.78 is 53.6. The monoisotopic (exact) mass is 360 g/mol. The van der Waals surface area contributed by atoms with Crippen LogP contribution in [0.5, 0.6) is 0 Å². The first-order chi connectivity index (χ1) is 12.3. The molecule has 0 radical (unpaired) electrons. The third-order valence-electron chi connectivity index (χ3n) is 4.07. The molecule has 0 amide bonds. The summed E-state index contributed by atoms with van der Waals surface area (Å²) in [7, 11) is 1.43. The van der Waals surface area contributed by atoms with Gasteiger partial charge in [-0.25, -0.2) is 9.37 Å². The van der Waals surface area contributed by atoms with Gasteiger partial charge in [-0.2, -0.15) is 18.3 Å². The predicted molar refractivity (Wildman–Crippen MR) is 88.7 cm³/mol. The number of rotatable bonds is 2. The van der Waals surface area contributed by atoms with Crippen molar-refractivity contribution in [1.82, 2.24) is 19.7 Å². The van der Waals surface area contributed by atoms with E-state index in [1.54, 1.807) is 36.4 Å². The van der Waals surface area contributed by atoms with Gasteiger partial charge in [-0.05, 0) is 36.4 Å². The number of H-pyrrole nitrogens is 1. The molecule has 0 bridgehead atoms. The van der Waals surface area contributed by atoms with E-state index in [9.17, 15) is 17.6 Å². The van der Waals surface area contributed by atoms with Crippen molar-refractivity contribution >= 4 is 11.0 Å². The van der Waals surface area contributed by atoms with Gasteiger partial charge in [0.2, 0.25) is 0 Å². The van der Waals surface area contributed by atoms with Crippen molar-refractivity contribution < 1.29 is 17.6 Å². The summed E-state index contributed by atoms with van der Waals surface area (Å²) >= 11 is 0. The minimum atomic E-state index is -4.52. The number of pyridine rings is 1. The average Bonchev–Trinajstić information content (AvgIpc) is 3.17. The summed E-state index contributed by atoms with van der Waals surface area (Å²) in [6.45, 7) is 0. The van der Waals surface area contributed by atoms with Crippen molar-refractivity contribution in [3.8, 4) is 22.6 Å². The Bertz CT molecular complexity index is 1110. The van der Waals surface area contributed by atoms with Crippen molar-refractivity contribution in [2.24, 2.45) is 7.05 Å². The van der Waals surface area contributed by atoms with Crippen molar-refractivity contribution in [1.29, 1.82) is 0 Å². The average molecular weight is 360 g/mol. The number of nitrogens with zero attached hydrogens (tertiary/aromatic N) is 3. The zero-order valence-electron chi connectivity index (χ0n) is 13.5. The van der Waals surface area contributed by atoms with Crippen LogP contribution >= 0.6 is 0 Å². The van der Waals surface area contributed by atoms with Crippen LogP contribution in [-0.4, -0.2) is 19.7 Å². The van der Waals surface area contributed by atoms with Crippen LogP contribution in [0.2, 0.25) is 0 Å². The molecule has 4 nitrogen and oxygen atoms in total. The van der Waals surface area contributed by atoms with Crippen LogP contribution in [-0.2, 0) is 13.2 Å². The molecule has 0 aliphatic rings. The number of benzene rings is 1. The molecular weight excluding hydrogens is 348 g/mol. The molecule has 0 atom stereocenters. The first-order valence-corrected chi connectivity index (χ1v) is 7.69. The number of alkyl halides is 3. The first kappa shape index (κ1) is 16.3. The molecule has 0 aliphatic carbocycles. The van der Waals surface area contributed by atoms with E-state index in [0.717, 1.165) is 10.7 Å². The summed E-state index contributed by atoms with van der Waals surface area (Å²) in [5.41, 5.74) is 1.74. The normalized spacial score (nSPS) is 12.0. The third kappa shape index (κ3) is 2.73. The lowest BCUT2D eigenvalue weighted by Crippen LogP contribution is -2.06. The van der Waals surface area contributed by atoms with Crippen LogP contribution in [0.1, 0.15) is 5.69 Å². The number of nitrogens with one attached hydrogen (secondary N) is 1. The van der Waals surface area contributed by atoms with Crippen molar-refractivity contribution in [3.63, 3.8) is 0 Å². The van der Waals surface area contributed by atoms with Gasteiger partial charge in [0, 0.05) is 12.6 Å². The fourth-order valence-corrected chi connectivity index (χ4v) is 2.82. The topological polar surface area (TPSA) is 46.5 Å². The highest BCUT2D eigenvalue weighted by Crippen LogP contribution is 2.32. The number of aromatic nitrogens is 4. The minimum Gasteiger partial charge on any atom is -0.353 e. The Labute approximate surface area is 145 Å². The van der Waals surface area contributed by atoms with E-state index in [0.29, 0.717) is 28.0 Å². The third-order valence-corrected chi connectivity index (χ3v) is 4.07. The molecule has 4 rings (SSSR count). The van der Waals surface area contributed by atoms with Crippen LogP contribution in [0.25, 0.3) is 33.7 Å². The Morgan fingerprint density at radius 3 is 2.50 bits per heavy atom. The van der Waals surface area contributed by atoms with Crippen LogP contribution in [0, 0.1) is 5.82 Å². The lowest BCUT2D eigenvalue weighted by molar-refractivity contribution is -0.141. The van der Waals surface area contributed by atoms with Gasteiger partial charge in [0.25, 0.3) is 0 Å². The van der Waals surface area contributed by atoms with E-state index in [1.165, 1.54) is 13.1 Å². The summed E-state index contributed by atoms with van der Waals surface area (Å²) in [6.07, 6.45) is -4.52. The number of aryl methyl sites for hydroxylation is 1. The molecule has 4 aromatic rings. The number of halogens is 4. The molecule has 0 spiro atoms. The maximum absolute atomic E-state index is 14.0. The molecule has 8 heteroatoms. The molecule has 0 unspecified atom stereocenters. The lowest BCUT2D eigenvalue weighted by Gasteiger charge is -2.00. The van der Waals surface area contributed by atoms with E-state index >= 15 is 0 Å². The minimum absolute atomic E-state index is 0.243. The van der Waals surface area contributed by atoms with Gasteiger partial charge in [0.05, 0.1) is 28.1 Å². The molecular formula is C18H12F4N4. The molecule has 3 heterocycles. The number of aromatic amines is 1. The van der Waals surface area contributed by atoms with Gasteiger partial charge in [-0.15, -0.1) is 0 Å². The number of hydrogen-bond donors (Lipinski definition) is 1. The molecule has 0 aliphatic heterocycles. The Hall–Kier alpha value is -3.16. The van der Waals surface area contributed by atoms with Crippen molar-refractivity contribution in [2.45, 2.75) is 6.18 Å². The van der Waals surface area contributed by atoms with E-state index in [-0.39, 0.29) is 11.5 Å². The first-order valence-electron chi connectivity index (χ1n) is 7.69. The summed E-state index contributed by atoms with van der Waals surface area (Å²) in [4.78, 5) is 7.47. The fraction of sp³-hybridized carbons (Fsp3) is 0.111. The Balaban J connectivity index is 1.80. The van der Waals surface area contributed by atoms with Crippen molar-refractivity contribution in [3.05, 3.63) is 60.0 Å². The number of fused-ring (bicyclic) bond motifs is 1. The highest BCUT2D eigenvalue weighted by atomic mass is 19.4. The largest absolute Gasteiger partial charge is 0.435 e. The molecule has 132 valence electrons. The summed E-state index contributed by atoms with van der Waals surface area (Å²) in [5.74, 6) is -0.374. The maximum Gasteiger partial charge on any atom is 0.435 e. The predicted octanol–water partition coefficient (Wildman–Crippen LogP) is 4.79. The van der Waals surface area contributed by atoms with E-state index < -0.39 is 11.9 Å². The zero-order valence-corrected chi connectivity index (χ0v) is 13.5. The van der Waals surface area contributed by atoms with Crippen LogP contribution < -0.4 is 0 Å². The summed E-state index contributed by atoms with van der Waals surface area (Å²) in [5, 5.41) is 3.50. The zero-order chi connectivity index (χ0) is 18.5. The molecule has 0 saturated carbocycles. The molecule has 1 N–H and O–H groups in total. The van der Waals surface area contributed by atoms with E-state index in [4.69, 9.17) is 0 Å². The Morgan fingerprint density at radius 1 is 1.04 bits per heavy atom. The molecule has 3 aromatic heterocycles. The van der Waals surface area contributed by atoms with Gasteiger partial charge >= 0.3 is 6.18 Å². The Kier molecular flexibility index (Phi) is 3.57. The van der Waals surface area contributed by atoms with Gasteiger partial charge in [-0.1, -0.05) is 12.1 Å². The smallest absolute Gasteiger partial charge is 0.353 e. The van der Waals surface area contributed by atoms with Gasteiger partial charge in [-0.3, -0.25) is 4.68 Å². The quantitative estimate of drug-likeness (QED) is 0.523. The highest BCUT2D eigenvalue weighted by molar-refractivity contribution is 5.84. The van der Waals surface area contributed by atoms with E-state index in [2.05, 4.69) is 15.1 Å². The summed E-state index contributed by atoms with van der Waals surface area (Å²) in [6, 6.07) is 12.2. The lowest BCUT2D eigenvalue weighted by atomic mass is 10.1. The van der Waals surface area contributed by atoms with E-state index in [1.807, 2.05) is 0 Å². The molecule has 0 saturated heterocycles. The Morgan fingerprint density at radius 2 is 1.81 bits per heavy atom. The van der Waals surface area contributed by atoms with Gasteiger partial charge in [0.1, 0.15) is 5.82 Å². The van der Waals surface area contributed by atoms with Crippen molar-refractivity contribution in [2.75, 3.05) is 0 Å². The van der Waals surface area contributed by atoms with Crippen LogP contribution in [0.15, 0.2) is 48.5 Å². The van der Waals surface area contributed by atoms with Gasteiger partial charge in [0.15, 0.2) is 5.69 Å². The highest BCUT2D eigenvalue weighted by Gasteiger charge is 2.34. The second kappa shape index (κ2) is 5.69. The standard InChI is InChI=1S/C18H12F4N4/c1-26-16(9-17(25-26)18(20,21)22)13-7-6-12-15(24-13)8-14(23-12)10-4-2-3-5-11(10)19/h2-9,23H,1H3. The van der Waals surface area contributed by atoms with Gasteiger partial charge < -0.3 is 4.98 Å². The molecule has 26 heavy (non-hydrogen) atoms.